The zero-order valence-corrected chi connectivity index (χ0v) is 11.8. The molecule has 0 aromatic rings. The van der Waals surface area contributed by atoms with E-state index < -0.39 is 0 Å². The summed E-state index contributed by atoms with van der Waals surface area (Å²) >= 11 is 1.56. The third-order valence-electron chi connectivity index (χ3n) is 3.36. The first kappa shape index (κ1) is 14.8. The average molecular weight is 259 g/mol. The van der Waals surface area contributed by atoms with Gasteiger partial charge in [0.05, 0.1) is 11.9 Å². The second-order valence-electron chi connectivity index (χ2n) is 4.91. The number of thioether (sulfide) groups is 1. The Morgan fingerprint density at radius 2 is 1.71 bits per heavy atom. The van der Waals surface area contributed by atoms with Crippen LogP contribution in [0.3, 0.4) is 0 Å². The smallest absolute Gasteiger partial charge is 0.232 e. The fourth-order valence-corrected chi connectivity index (χ4v) is 2.80. The van der Waals surface area contributed by atoms with Crippen molar-refractivity contribution < 1.29 is 9.90 Å². The van der Waals surface area contributed by atoms with Gasteiger partial charge in [-0.05, 0) is 19.8 Å². The molecule has 0 saturated carbocycles. The van der Waals surface area contributed by atoms with Crippen molar-refractivity contribution in [2.45, 2.75) is 57.3 Å². The summed E-state index contributed by atoms with van der Waals surface area (Å²) in [7, 11) is 0. The largest absolute Gasteiger partial charge is 0.392 e. The first-order valence-corrected chi connectivity index (χ1v) is 7.73. The second kappa shape index (κ2) is 7.98. The molecule has 1 amide bonds. The molecule has 1 heterocycles. The lowest BCUT2D eigenvalue weighted by atomic mass is 10.1. The van der Waals surface area contributed by atoms with Crippen LogP contribution in [0.5, 0.6) is 0 Å². The van der Waals surface area contributed by atoms with Gasteiger partial charge < -0.3 is 10.0 Å². The van der Waals surface area contributed by atoms with Crippen LogP contribution in [0.25, 0.3) is 0 Å². The Hall–Kier alpha value is -0.220. The summed E-state index contributed by atoms with van der Waals surface area (Å²) in [5.41, 5.74) is 0. The molecule has 0 aliphatic carbocycles. The van der Waals surface area contributed by atoms with Crippen LogP contribution in [0, 0.1) is 0 Å². The van der Waals surface area contributed by atoms with E-state index in [0.717, 1.165) is 25.9 Å². The lowest BCUT2D eigenvalue weighted by Crippen LogP contribution is -2.35. The summed E-state index contributed by atoms with van der Waals surface area (Å²) in [6.07, 6.45) is 5.75. The first-order chi connectivity index (χ1) is 8.11. The maximum absolute atomic E-state index is 12.0. The summed E-state index contributed by atoms with van der Waals surface area (Å²) in [6.45, 7) is 5.58. The van der Waals surface area contributed by atoms with Gasteiger partial charge in [0.15, 0.2) is 0 Å². The van der Waals surface area contributed by atoms with Crippen molar-refractivity contribution in [2.75, 3.05) is 18.8 Å². The Kier molecular flexibility index (Phi) is 6.97. The van der Waals surface area contributed by atoms with E-state index in [0.29, 0.717) is 5.75 Å². The highest BCUT2D eigenvalue weighted by molar-refractivity contribution is 8.00. The molecule has 1 aliphatic heterocycles. The van der Waals surface area contributed by atoms with Gasteiger partial charge in [0.1, 0.15) is 0 Å². The van der Waals surface area contributed by atoms with Crippen molar-refractivity contribution in [3.63, 3.8) is 0 Å². The minimum atomic E-state index is -0.347. The number of rotatable bonds is 4. The van der Waals surface area contributed by atoms with Crippen LogP contribution in [-0.2, 0) is 4.79 Å². The van der Waals surface area contributed by atoms with Gasteiger partial charge in [0.25, 0.3) is 0 Å². The molecule has 1 fully saturated rings. The van der Waals surface area contributed by atoms with Crippen LogP contribution < -0.4 is 0 Å². The molecule has 1 aliphatic rings. The number of amides is 1. The molecule has 4 heteroatoms. The number of nitrogens with zero attached hydrogens (tertiary/aromatic N) is 1. The van der Waals surface area contributed by atoms with Crippen molar-refractivity contribution in [3.05, 3.63) is 0 Å². The highest BCUT2D eigenvalue weighted by Gasteiger charge is 2.17. The molecule has 17 heavy (non-hydrogen) atoms. The van der Waals surface area contributed by atoms with Gasteiger partial charge in [-0.15, -0.1) is 11.8 Å². The quantitative estimate of drug-likeness (QED) is 0.842. The summed E-state index contributed by atoms with van der Waals surface area (Å²) in [5.74, 6) is 0.746. The lowest BCUT2D eigenvalue weighted by Gasteiger charge is -2.25. The van der Waals surface area contributed by atoms with Crippen LogP contribution in [0.4, 0.5) is 0 Å². The molecule has 2 unspecified atom stereocenters. The maximum Gasteiger partial charge on any atom is 0.232 e. The predicted octanol–water partition coefficient (Wildman–Crippen LogP) is 2.28. The molecule has 1 rings (SSSR count). The number of hydrogen-bond acceptors (Lipinski definition) is 3. The van der Waals surface area contributed by atoms with E-state index in [-0.39, 0.29) is 17.3 Å². The minimum absolute atomic E-state index is 0.133. The molecule has 0 bridgehead atoms. The van der Waals surface area contributed by atoms with Crippen LogP contribution in [0.2, 0.25) is 0 Å². The standard InChI is InChI=1S/C13H25NO2S/c1-11(15)12(2)17-10-13(16)14-8-6-4-3-5-7-9-14/h11-12,15H,3-10H2,1-2H3. The molecule has 0 aromatic heterocycles. The van der Waals surface area contributed by atoms with E-state index >= 15 is 0 Å². The number of hydrogen-bond donors (Lipinski definition) is 1. The van der Waals surface area contributed by atoms with Gasteiger partial charge in [0.2, 0.25) is 5.91 Å². The summed E-state index contributed by atoms with van der Waals surface area (Å²) in [6, 6.07) is 0. The molecule has 2 atom stereocenters. The number of carbonyl (C=O) groups excluding carboxylic acids is 1. The Morgan fingerprint density at radius 3 is 2.24 bits per heavy atom. The van der Waals surface area contributed by atoms with Crippen LogP contribution in [0.15, 0.2) is 0 Å². The van der Waals surface area contributed by atoms with Crippen molar-refractivity contribution in [2.24, 2.45) is 0 Å². The molecule has 3 nitrogen and oxygen atoms in total. The Balaban J connectivity index is 2.29. The Morgan fingerprint density at radius 1 is 1.18 bits per heavy atom. The van der Waals surface area contributed by atoms with Crippen molar-refractivity contribution >= 4 is 17.7 Å². The van der Waals surface area contributed by atoms with E-state index in [1.165, 1.54) is 19.3 Å². The van der Waals surface area contributed by atoms with E-state index in [4.69, 9.17) is 0 Å². The van der Waals surface area contributed by atoms with Crippen LogP contribution >= 0.6 is 11.8 Å². The zero-order valence-electron chi connectivity index (χ0n) is 11.0. The van der Waals surface area contributed by atoms with Gasteiger partial charge in [-0.25, -0.2) is 0 Å². The number of likely N-dealkylation sites (tertiary alicyclic amines) is 1. The number of aliphatic hydroxyl groups excluding tert-OH is 1. The van der Waals surface area contributed by atoms with Crippen molar-refractivity contribution in [1.29, 1.82) is 0 Å². The van der Waals surface area contributed by atoms with Crippen LogP contribution in [-0.4, -0.2) is 46.1 Å². The molecule has 1 N–H and O–H groups in total. The van der Waals surface area contributed by atoms with Crippen molar-refractivity contribution in [3.8, 4) is 0 Å². The molecule has 100 valence electrons. The molecule has 0 spiro atoms. The Bertz CT molecular complexity index is 225. The lowest BCUT2D eigenvalue weighted by molar-refractivity contribution is -0.128. The zero-order chi connectivity index (χ0) is 12.7. The monoisotopic (exact) mass is 259 g/mol. The van der Waals surface area contributed by atoms with E-state index in [1.807, 2.05) is 11.8 Å². The number of carbonyl (C=O) groups is 1. The second-order valence-corrected chi connectivity index (χ2v) is 6.27. The molecular weight excluding hydrogens is 234 g/mol. The van der Waals surface area contributed by atoms with Crippen molar-refractivity contribution in [1.82, 2.24) is 4.90 Å². The highest BCUT2D eigenvalue weighted by Crippen LogP contribution is 2.16. The normalized spacial score (nSPS) is 21.5. The van der Waals surface area contributed by atoms with Gasteiger partial charge >= 0.3 is 0 Å². The third kappa shape index (κ3) is 5.77. The van der Waals surface area contributed by atoms with E-state index in [1.54, 1.807) is 18.7 Å². The molecule has 0 radical (unpaired) electrons. The molecular formula is C13H25NO2S. The molecule has 0 aromatic carbocycles. The first-order valence-electron chi connectivity index (χ1n) is 6.68. The van der Waals surface area contributed by atoms with Gasteiger partial charge in [-0.3, -0.25) is 4.79 Å². The fourth-order valence-electron chi connectivity index (χ4n) is 1.93. The average Bonchev–Trinajstić information content (AvgIpc) is 2.24. The summed E-state index contributed by atoms with van der Waals surface area (Å²) in [5, 5.41) is 9.51. The van der Waals surface area contributed by atoms with E-state index in [2.05, 4.69) is 0 Å². The number of aliphatic hydroxyl groups is 1. The predicted molar refractivity (Wildman–Crippen MR) is 73.3 cm³/mol. The van der Waals surface area contributed by atoms with Crippen LogP contribution in [0.1, 0.15) is 46.0 Å². The summed E-state index contributed by atoms with van der Waals surface area (Å²) in [4.78, 5) is 14.0. The highest BCUT2D eigenvalue weighted by atomic mass is 32.2. The summed E-state index contributed by atoms with van der Waals surface area (Å²) < 4.78 is 0. The SMILES string of the molecule is CC(O)C(C)SCC(=O)N1CCCCCCC1. The van der Waals surface area contributed by atoms with Gasteiger partial charge in [-0.2, -0.15) is 0 Å². The molecule has 1 saturated heterocycles. The third-order valence-corrected chi connectivity index (χ3v) is 4.69. The Labute approximate surface area is 109 Å². The maximum atomic E-state index is 12.0. The van der Waals surface area contributed by atoms with Gasteiger partial charge in [-0.1, -0.05) is 26.2 Å². The topological polar surface area (TPSA) is 40.5 Å². The fraction of sp³-hybridized carbons (Fsp3) is 0.923. The van der Waals surface area contributed by atoms with E-state index in [9.17, 15) is 9.90 Å². The van der Waals surface area contributed by atoms with Gasteiger partial charge in [0, 0.05) is 18.3 Å². The minimum Gasteiger partial charge on any atom is -0.392 e.